The van der Waals surface area contributed by atoms with Crippen molar-refractivity contribution in [3.05, 3.63) is 23.8 Å². The minimum Gasteiger partial charge on any atom is -0.497 e. The maximum absolute atomic E-state index is 10.8. The van der Waals surface area contributed by atoms with Gasteiger partial charge in [0, 0.05) is 0 Å². The predicted octanol–water partition coefficient (Wildman–Crippen LogP) is 1.97. The fraction of sp³-hybridized carbons (Fsp3) is 0.462. The minimum absolute atomic E-state index is 0.189. The van der Waals surface area contributed by atoms with E-state index in [0.717, 1.165) is 29.9 Å². The Hall–Kier alpha value is -1.71. The number of carboxylic acid groups (broad SMARTS) is 1. The number of rotatable bonds is 5. The van der Waals surface area contributed by atoms with Gasteiger partial charge in [0.2, 0.25) is 0 Å². The summed E-state index contributed by atoms with van der Waals surface area (Å²) in [5, 5.41) is 8.87. The second kappa shape index (κ2) is 4.65. The SMILES string of the molecule is COc1ccc(OC)c(CC2CC2C(=O)O)c1. The Balaban J connectivity index is 2.11. The summed E-state index contributed by atoms with van der Waals surface area (Å²) >= 11 is 0. The summed E-state index contributed by atoms with van der Waals surface area (Å²) in [5.74, 6) is 0.909. The van der Waals surface area contributed by atoms with Crippen molar-refractivity contribution in [2.24, 2.45) is 11.8 Å². The Labute approximate surface area is 100 Å². The molecule has 17 heavy (non-hydrogen) atoms. The van der Waals surface area contributed by atoms with Crippen molar-refractivity contribution in [2.45, 2.75) is 12.8 Å². The summed E-state index contributed by atoms with van der Waals surface area (Å²) in [6, 6.07) is 5.60. The molecule has 0 radical (unpaired) electrons. The fourth-order valence-corrected chi connectivity index (χ4v) is 2.10. The zero-order chi connectivity index (χ0) is 12.4. The van der Waals surface area contributed by atoms with Crippen molar-refractivity contribution >= 4 is 5.97 Å². The van der Waals surface area contributed by atoms with Crippen LogP contribution in [0, 0.1) is 11.8 Å². The molecule has 1 N–H and O–H groups in total. The van der Waals surface area contributed by atoms with Gasteiger partial charge in [0.05, 0.1) is 20.1 Å². The Morgan fingerprint density at radius 3 is 2.71 bits per heavy atom. The topological polar surface area (TPSA) is 55.8 Å². The van der Waals surface area contributed by atoms with E-state index in [9.17, 15) is 4.79 Å². The van der Waals surface area contributed by atoms with Gasteiger partial charge in [-0.1, -0.05) is 0 Å². The average Bonchev–Trinajstić information content (AvgIpc) is 3.08. The average molecular weight is 236 g/mol. The number of ether oxygens (including phenoxy) is 2. The summed E-state index contributed by atoms with van der Waals surface area (Å²) in [7, 11) is 3.23. The van der Waals surface area contributed by atoms with Crippen LogP contribution in [-0.4, -0.2) is 25.3 Å². The van der Waals surface area contributed by atoms with Gasteiger partial charge in [0.15, 0.2) is 0 Å². The standard InChI is InChI=1S/C13H16O4/c1-16-10-3-4-12(17-2)9(6-10)5-8-7-11(8)13(14)15/h3-4,6,8,11H,5,7H2,1-2H3,(H,14,15). The van der Waals surface area contributed by atoms with E-state index in [2.05, 4.69) is 0 Å². The van der Waals surface area contributed by atoms with Crippen molar-refractivity contribution in [1.82, 2.24) is 0 Å². The van der Waals surface area contributed by atoms with E-state index in [0.29, 0.717) is 0 Å². The Bertz CT molecular complexity index is 427. The zero-order valence-electron chi connectivity index (χ0n) is 9.97. The summed E-state index contributed by atoms with van der Waals surface area (Å²) in [6.07, 6.45) is 1.49. The van der Waals surface area contributed by atoms with Crippen molar-refractivity contribution < 1.29 is 19.4 Å². The van der Waals surface area contributed by atoms with Gasteiger partial charge in [0.1, 0.15) is 11.5 Å². The van der Waals surface area contributed by atoms with Gasteiger partial charge in [-0.3, -0.25) is 4.79 Å². The quantitative estimate of drug-likeness (QED) is 0.849. The maximum atomic E-state index is 10.8. The van der Waals surface area contributed by atoms with Crippen LogP contribution in [0.2, 0.25) is 0 Å². The first-order valence-corrected chi connectivity index (χ1v) is 5.59. The fourth-order valence-electron chi connectivity index (χ4n) is 2.10. The molecule has 2 atom stereocenters. The second-order valence-corrected chi connectivity index (χ2v) is 4.32. The molecule has 0 bridgehead atoms. The Kier molecular flexibility index (Phi) is 3.22. The zero-order valence-corrected chi connectivity index (χ0v) is 9.97. The van der Waals surface area contributed by atoms with E-state index in [4.69, 9.17) is 14.6 Å². The number of methoxy groups -OCH3 is 2. The Morgan fingerprint density at radius 1 is 1.41 bits per heavy atom. The summed E-state index contributed by atoms with van der Waals surface area (Å²) < 4.78 is 10.4. The third-order valence-electron chi connectivity index (χ3n) is 3.21. The van der Waals surface area contributed by atoms with E-state index >= 15 is 0 Å². The van der Waals surface area contributed by atoms with Crippen molar-refractivity contribution in [3.63, 3.8) is 0 Å². The van der Waals surface area contributed by atoms with Crippen LogP contribution in [0.25, 0.3) is 0 Å². The first kappa shape index (κ1) is 11.8. The molecule has 1 aliphatic carbocycles. The molecule has 0 saturated heterocycles. The van der Waals surface area contributed by atoms with Crippen LogP contribution in [0.4, 0.5) is 0 Å². The third-order valence-corrected chi connectivity index (χ3v) is 3.21. The van der Waals surface area contributed by atoms with Crippen LogP contribution in [0.15, 0.2) is 18.2 Å². The molecule has 4 nitrogen and oxygen atoms in total. The molecule has 1 aromatic carbocycles. The van der Waals surface area contributed by atoms with Gasteiger partial charge in [-0.15, -0.1) is 0 Å². The highest BCUT2D eigenvalue weighted by Gasteiger charge is 2.43. The van der Waals surface area contributed by atoms with Crippen molar-refractivity contribution in [2.75, 3.05) is 14.2 Å². The largest absolute Gasteiger partial charge is 0.497 e. The molecule has 2 rings (SSSR count). The molecule has 2 unspecified atom stereocenters. The highest BCUT2D eigenvalue weighted by Crippen LogP contribution is 2.43. The first-order chi connectivity index (χ1) is 8.15. The van der Waals surface area contributed by atoms with Gasteiger partial charge in [0.25, 0.3) is 0 Å². The number of carboxylic acids is 1. The molecule has 0 aromatic heterocycles. The molecule has 0 heterocycles. The highest BCUT2D eigenvalue weighted by atomic mass is 16.5. The molecule has 1 fully saturated rings. The highest BCUT2D eigenvalue weighted by molar-refractivity contribution is 5.73. The number of hydrogen-bond acceptors (Lipinski definition) is 3. The molecular formula is C13H16O4. The molecule has 0 spiro atoms. The first-order valence-electron chi connectivity index (χ1n) is 5.59. The second-order valence-electron chi connectivity index (χ2n) is 4.32. The normalized spacial score (nSPS) is 22.0. The van der Waals surface area contributed by atoms with Crippen molar-refractivity contribution in [3.8, 4) is 11.5 Å². The lowest BCUT2D eigenvalue weighted by Crippen LogP contribution is -2.02. The van der Waals surface area contributed by atoms with Crippen LogP contribution < -0.4 is 9.47 Å². The van der Waals surface area contributed by atoms with Gasteiger partial charge in [-0.25, -0.2) is 0 Å². The van der Waals surface area contributed by atoms with E-state index in [1.807, 2.05) is 18.2 Å². The van der Waals surface area contributed by atoms with Crippen LogP contribution in [0.3, 0.4) is 0 Å². The van der Waals surface area contributed by atoms with Crippen LogP contribution in [0.1, 0.15) is 12.0 Å². The summed E-state index contributed by atoms with van der Waals surface area (Å²) in [4.78, 5) is 10.8. The number of hydrogen-bond donors (Lipinski definition) is 1. The number of benzene rings is 1. The van der Waals surface area contributed by atoms with Gasteiger partial charge in [-0.2, -0.15) is 0 Å². The van der Waals surface area contributed by atoms with Crippen LogP contribution >= 0.6 is 0 Å². The molecule has 0 amide bonds. The van der Waals surface area contributed by atoms with Gasteiger partial charge < -0.3 is 14.6 Å². The molecule has 1 aromatic rings. The summed E-state index contributed by atoms with van der Waals surface area (Å²) in [6.45, 7) is 0. The Morgan fingerprint density at radius 2 is 2.18 bits per heavy atom. The maximum Gasteiger partial charge on any atom is 0.306 e. The van der Waals surface area contributed by atoms with Crippen molar-refractivity contribution in [1.29, 1.82) is 0 Å². The van der Waals surface area contributed by atoms with Gasteiger partial charge in [-0.05, 0) is 42.5 Å². The predicted molar refractivity (Wildman–Crippen MR) is 62.5 cm³/mol. The van der Waals surface area contributed by atoms with Gasteiger partial charge >= 0.3 is 5.97 Å². The monoisotopic (exact) mass is 236 g/mol. The molecule has 92 valence electrons. The lowest BCUT2D eigenvalue weighted by Gasteiger charge is -2.09. The molecule has 4 heteroatoms. The van der Waals surface area contributed by atoms with Crippen LogP contribution in [0.5, 0.6) is 11.5 Å². The molecule has 0 aliphatic heterocycles. The molecule has 1 aliphatic rings. The van der Waals surface area contributed by atoms with Crippen LogP contribution in [-0.2, 0) is 11.2 Å². The van der Waals surface area contributed by atoms with E-state index in [-0.39, 0.29) is 11.8 Å². The third kappa shape index (κ3) is 2.52. The number of aliphatic carboxylic acids is 1. The van der Waals surface area contributed by atoms with E-state index < -0.39 is 5.97 Å². The summed E-state index contributed by atoms with van der Waals surface area (Å²) in [5.41, 5.74) is 1.01. The smallest absolute Gasteiger partial charge is 0.306 e. The lowest BCUT2D eigenvalue weighted by molar-refractivity contribution is -0.138. The minimum atomic E-state index is -0.697. The molecular weight excluding hydrogens is 220 g/mol. The number of carbonyl (C=O) groups is 1. The lowest BCUT2D eigenvalue weighted by atomic mass is 10.1. The molecule has 1 saturated carbocycles. The van der Waals surface area contributed by atoms with E-state index in [1.54, 1.807) is 14.2 Å². The van der Waals surface area contributed by atoms with E-state index in [1.165, 1.54) is 0 Å².